The highest BCUT2D eigenvalue weighted by Gasteiger charge is 2.41. The summed E-state index contributed by atoms with van der Waals surface area (Å²) in [6.07, 6.45) is 0. The summed E-state index contributed by atoms with van der Waals surface area (Å²) >= 11 is 0. The molecule has 31 heavy (non-hydrogen) atoms. The van der Waals surface area contributed by atoms with Crippen molar-refractivity contribution < 1.29 is 18.7 Å². The smallest absolute Gasteiger partial charge is 0.282 e. The van der Waals surface area contributed by atoms with Crippen molar-refractivity contribution in [1.82, 2.24) is 0 Å². The summed E-state index contributed by atoms with van der Waals surface area (Å²) in [6.45, 7) is 3.80. The Morgan fingerprint density at radius 1 is 0.903 bits per heavy atom. The van der Waals surface area contributed by atoms with Crippen molar-refractivity contribution in [2.45, 2.75) is 13.8 Å². The number of benzene rings is 3. The van der Waals surface area contributed by atoms with Crippen LogP contribution in [0.5, 0.6) is 5.75 Å². The third-order valence-corrected chi connectivity index (χ3v) is 5.37. The molecule has 0 bridgehead atoms. The molecule has 0 saturated carbocycles. The molecule has 3 aromatic rings. The molecule has 0 fully saturated rings. The number of rotatable bonds is 5. The largest absolute Gasteiger partial charge is 0.497 e. The van der Waals surface area contributed by atoms with Crippen LogP contribution in [0.2, 0.25) is 0 Å². The lowest BCUT2D eigenvalue weighted by Crippen LogP contribution is -2.33. The summed E-state index contributed by atoms with van der Waals surface area (Å²) in [4.78, 5) is 28.1. The molecule has 0 aliphatic carbocycles. The number of hydrogen-bond acceptors (Lipinski definition) is 4. The second kappa shape index (κ2) is 8.07. The lowest BCUT2D eigenvalue weighted by Gasteiger charge is -2.19. The zero-order valence-electron chi connectivity index (χ0n) is 17.4. The lowest BCUT2D eigenvalue weighted by molar-refractivity contribution is -0.120. The van der Waals surface area contributed by atoms with E-state index in [9.17, 15) is 14.0 Å². The first-order valence-electron chi connectivity index (χ1n) is 9.77. The molecule has 0 unspecified atom stereocenters. The maximum Gasteiger partial charge on any atom is 0.282 e. The first-order chi connectivity index (χ1) is 14.9. The summed E-state index contributed by atoms with van der Waals surface area (Å²) in [5.74, 6) is -0.747. The van der Waals surface area contributed by atoms with Gasteiger partial charge in [-0.1, -0.05) is 30.3 Å². The Morgan fingerprint density at radius 3 is 2.29 bits per heavy atom. The molecule has 156 valence electrons. The summed E-state index contributed by atoms with van der Waals surface area (Å²) in [5.41, 5.74) is 3.59. The predicted molar refractivity (Wildman–Crippen MR) is 118 cm³/mol. The summed E-state index contributed by atoms with van der Waals surface area (Å²) in [7, 11) is 1.55. The number of aryl methyl sites for hydroxylation is 1. The Labute approximate surface area is 179 Å². The highest BCUT2D eigenvalue weighted by molar-refractivity contribution is 6.46. The van der Waals surface area contributed by atoms with E-state index in [0.717, 1.165) is 11.1 Å². The molecule has 5 nitrogen and oxygen atoms in total. The normalized spacial score (nSPS) is 13.7. The van der Waals surface area contributed by atoms with Crippen LogP contribution in [0.1, 0.15) is 16.7 Å². The van der Waals surface area contributed by atoms with Gasteiger partial charge in [-0.05, 0) is 66.9 Å². The van der Waals surface area contributed by atoms with Crippen LogP contribution in [0.15, 0.2) is 72.4 Å². The Bertz CT molecular complexity index is 1220. The number of anilines is 2. The molecular weight excluding hydrogens is 395 g/mol. The summed E-state index contributed by atoms with van der Waals surface area (Å²) < 4.78 is 18.9. The first kappa shape index (κ1) is 20.3. The van der Waals surface area contributed by atoms with Crippen LogP contribution in [0.25, 0.3) is 5.57 Å². The Kier molecular flexibility index (Phi) is 5.29. The maximum absolute atomic E-state index is 13.7. The molecule has 0 spiro atoms. The minimum absolute atomic E-state index is 0.0988. The second-order valence-corrected chi connectivity index (χ2v) is 7.28. The topological polar surface area (TPSA) is 58.6 Å². The van der Waals surface area contributed by atoms with E-state index < -0.39 is 17.6 Å². The zero-order valence-corrected chi connectivity index (χ0v) is 17.4. The average molecular weight is 416 g/mol. The molecule has 1 N–H and O–H groups in total. The van der Waals surface area contributed by atoms with Crippen LogP contribution in [0.3, 0.4) is 0 Å². The van der Waals surface area contributed by atoms with E-state index in [1.54, 1.807) is 43.5 Å². The SMILES string of the molecule is COc1ccc(C2=C(Nc3cccc(F)c3)C(=O)N(c3cccc(C)c3C)C2=O)cc1. The number of ether oxygens (including phenoxy) is 1. The number of amides is 2. The van der Waals surface area contributed by atoms with Crippen LogP contribution < -0.4 is 15.0 Å². The van der Waals surface area contributed by atoms with Gasteiger partial charge in [-0.25, -0.2) is 9.29 Å². The summed E-state index contributed by atoms with van der Waals surface area (Å²) in [6, 6.07) is 18.1. The molecule has 2 amide bonds. The van der Waals surface area contributed by atoms with Crippen molar-refractivity contribution in [3.63, 3.8) is 0 Å². The molecule has 6 heteroatoms. The number of carbonyl (C=O) groups excluding carboxylic acids is 2. The van der Waals surface area contributed by atoms with Gasteiger partial charge in [0.1, 0.15) is 17.3 Å². The molecule has 1 aliphatic heterocycles. The fraction of sp³-hybridized carbons (Fsp3) is 0.120. The molecule has 0 atom stereocenters. The van der Waals surface area contributed by atoms with Gasteiger partial charge < -0.3 is 10.1 Å². The fourth-order valence-electron chi connectivity index (χ4n) is 3.58. The van der Waals surface area contributed by atoms with Gasteiger partial charge in [0.2, 0.25) is 0 Å². The minimum Gasteiger partial charge on any atom is -0.497 e. The van der Waals surface area contributed by atoms with Gasteiger partial charge in [-0.15, -0.1) is 0 Å². The van der Waals surface area contributed by atoms with Gasteiger partial charge >= 0.3 is 0 Å². The third kappa shape index (κ3) is 3.68. The quantitative estimate of drug-likeness (QED) is 0.604. The van der Waals surface area contributed by atoms with Gasteiger partial charge in [0, 0.05) is 5.69 Å². The third-order valence-electron chi connectivity index (χ3n) is 5.37. The van der Waals surface area contributed by atoms with Gasteiger partial charge in [0.25, 0.3) is 11.8 Å². The van der Waals surface area contributed by atoms with Crippen molar-refractivity contribution in [2.75, 3.05) is 17.3 Å². The van der Waals surface area contributed by atoms with Gasteiger partial charge in [0.05, 0.1) is 18.4 Å². The maximum atomic E-state index is 13.7. The van der Waals surface area contributed by atoms with Crippen molar-refractivity contribution in [2.24, 2.45) is 0 Å². The predicted octanol–water partition coefficient (Wildman–Crippen LogP) is 4.85. The van der Waals surface area contributed by atoms with E-state index in [1.807, 2.05) is 26.0 Å². The fourth-order valence-corrected chi connectivity index (χ4v) is 3.58. The van der Waals surface area contributed by atoms with E-state index in [2.05, 4.69) is 5.32 Å². The van der Waals surface area contributed by atoms with Crippen molar-refractivity contribution in [3.8, 4) is 5.75 Å². The highest BCUT2D eigenvalue weighted by atomic mass is 19.1. The molecule has 1 heterocycles. The standard InChI is InChI=1S/C25H21FN2O3/c1-15-6-4-9-21(16(15)2)28-24(29)22(17-10-12-20(31-3)13-11-17)23(25(28)30)27-19-8-5-7-18(26)14-19/h4-14,27H,1-3H3. The van der Waals surface area contributed by atoms with E-state index in [-0.39, 0.29) is 11.3 Å². The van der Waals surface area contributed by atoms with Crippen LogP contribution >= 0.6 is 0 Å². The van der Waals surface area contributed by atoms with E-state index >= 15 is 0 Å². The minimum atomic E-state index is -0.492. The number of imide groups is 1. The molecule has 3 aromatic carbocycles. The van der Waals surface area contributed by atoms with Gasteiger partial charge in [-0.2, -0.15) is 0 Å². The number of halogens is 1. The summed E-state index contributed by atoms with van der Waals surface area (Å²) in [5, 5.41) is 2.97. The van der Waals surface area contributed by atoms with Gasteiger partial charge in [0.15, 0.2) is 0 Å². The van der Waals surface area contributed by atoms with Crippen LogP contribution in [0, 0.1) is 19.7 Å². The van der Waals surface area contributed by atoms with Crippen molar-refractivity contribution in [1.29, 1.82) is 0 Å². The van der Waals surface area contributed by atoms with Crippen molar-refractivity contribution >= 4 is 28.8 Å². The Hall–Kier alpha value is -3.93. The monoisotopic (exact) mass is 416 g/mol. The molecule has 1 aliphatic rings. The number of nitrogens with zero attached hydrogens (tertiary/aromatic N) is 1. The van der Waals surface area contributed by atoms with Crippen LogP contribution in [-0.4, -0.2) is 18.9 Å². The molecule has 4 rings (SSSR count). The Balaban J connectivity index is 1.85. The number of carbonyl (C=O) groups is 2. The number of nitrogens with one attached hydrogen (secondary N) is 1. The zero-order chi connectivity index (χ0) is 22.1. The van der Waals surface area contributed by atoms with Crippen LogP contribution in [0.4, 0.5) is 15.8 Å². The van der Waals surface area contributed by atoms with E-state index in [1.165, 1.54) is 23.1 Å². The Morgan fingerprint density at radius 2 is 1.61 bits per heavy atom. The van der Waals surface area contributed by atoms with Crippen molar-refractivity contribution in [3.05, 3.63) is 94.9 Å². The van der Waals surface area contributed by atoms with E-state index in [4.69, 9.17) is 4.74 Å². The highest BCUT2D eigenvalue weighted by Crippen LogP contribution is 2.36. The average Bonchev–Trinajstić information content (AvgIpc) is 3.00. The van der Waals surface area contributed by atoms with Crippen LogP contribution in [-0.2, 0) is 9.59 Å². The number of methoxy groups -OCH3 is 1. The second-order valence-electron chi connectivity index (χ2n) is 7.28. The molecule has 0 saturated heterocycles. The lowest BCUT2D eigenvalue weighted by atomic mass is 10.0. The molecule has 0 aromatic heterocycles. The molecule has 0 radical (unpaired) electrons. The van der Waals surface area contributed by atoms with E-state index in [0.29, 0.717) is 22.7 Å². The number of hydrogen-bond donors (Lipinski definition) is 1. The van der Waals surface area contributed by atoms with Gasteiger partial charge in [-0.3, -0.25) is 9.59 Å². The molecular formula is C25H21FN2O3. The first-order valence-corrected chi connectivity index (χ1v) is 9.77.